The van der Waals surface area contributed by atoms with E-state index >= 15 is 0 Å². The fourth-order valence-electron chi connectivity index (χ4n) is 1.58. The molecule has 0 aliphatic carbocycles. The number of ether oxygens (including phenoxy) is 1. The predicted octanol–water partition coefficient (Wildman–Crippen LogP) is 2.08. The van der Waals surface area contributed by atoms with Crippen LogP contribution in [0.1, 0.15) is 12.5 Å². The third-order valence-corrected chi connectivity index (χ3v) is 4.87. The lowest BCUT2D eigenvalue weighted by Gasteiger charge is -2.20. The Morgan fingerprint density at radius 3 is 2.67 bits per heavy atom. The molecule has 6 heteroatoms. The van der Waals surface area contributed by atoms with E-state index in [0.717, 1.165) is 5.56 Å². The number of nitrogens with zero attached hydrogens (tertiary/aromatic N) is 1. The summed E-state index contributed by atoms with van der Waals surface area (Å²) in [6, 6.07) is 6.70. The Morgan fingerprint density at radius 1 is 1.39 bits per heavy atom. The van der Waals surface area contributed by atoms with Gasteiger partial charge in [-0.15, -0.1) is 11.6 Å². The highest BCUT2D eigenvalue weighted by Gasteiger charge is 2.22. The Morgan fingerprint density at radius 2 is 2.11 bits per heavy atom. The van der Waals surface area contributed by atoms with Gasteiger partial charge >= 0.3 is 0 Å². The summed E-state index contributed by atoms with van der Waals surface area (Å²) in [5.41, 5.74) is 0.792. The molecule has 0 atom stereocenters. The van der Waals surface area contributed by atoms with Crippen LogP contribution in [0.5, 0.6) is 0 Å². The van der Waals surface area contributed by atoms with E-state index in [1.54, 1.807) is 38.3 Å². The number of benzene rings is 1. The van der Waals surface area contributed by atoms with Gasteiger partial charge in [0.1, 0.15) is 0 Å². The highest BCUT2D eigenvalue weighted by Crippen LogP contribution is 2.17. The Bertz CT molecular complexity index is 476. The molecule has 0 spiro atoms. The number of halogens is 1. The van der Waals surface area contributed by atoms with Gasteiger partial charge < -0.3 is 4.74 Å². The number of rotatable bonds is 7. The van der Waals surface area contributed by atoms with Crippen molar-refractivity contribution >= 4 is 21.6 Å². The molecular weight excluding hydrogens is 274 g/mol. The maximum Gasteiger partial charge on any atom is 0.243 e. The van der Waals surface area contributed by atoms with Crippen molar-refractivity contribution in [2.75, 3.05) is 26.8 Å². The van der Waals surface area contributed by atoms with Crippen LogP contribution in [0.15, 0.2) is 29.2 Å². The van der Waals surface area contributed by atoms with Crippen LogP contribution in [-0.4, -0.2) is 39.5 Å². The van der Waals surface area contributed by atoms with Gasteiger partial charge in [-0.25, -0.2) is 8.42 Å². The summed E-state index contributed by atoms with van der Waals surface area (Å²) in [6.07, 6.45) is 0. The van der Waals surface area contributed by atoms with Gasteiger partial charge in [0.15, 0.2) is 0 Å². The molecule has 0 aliphatic heterocycles. The monoisotopic (exact) mass is 291 g/mol. The number of alkyl halides is 1. The molecule has 18 heavy (non-hydrogen) atoms. The first-order chi connectivity index (χ1) is 8.56. The van der Waals surface area contributed by atoms with Crippen molar-refractivity contribution in [3.8, 4) is 0 Å². The summed E-state index contributed by atoms with van der Waals surface area (Å²) < 4.78 is 31.0. The quantitative estimate of drug-likeness (QED) is 0.723. The number of sulfonamides is 1. The van der Waals surface area contributed by atoms with Crippen molar-refractivity contribution in [2.45, 2.75) is 17.7 Å². The summed E-state index contributed by atoms with van der Waals surface area (Å²) >= 11 is 5.72. The maximum atomic E-state index is 12.4. The number of methoxy groups -OCH3 is 1. The lowest BCUT2D eigenvalue weighted by Crippen LogP contribution is -2.33. The molecule has 0 aliphatic rings. The smallest absolute Gasteiger partial charge is 0.243 e. The van der Waals surface area contributed by atoms with Crippen LogP contribution in [0.3, 0.4) is 0 Å². The third kappa shape index (κ3) is 3.68. The molecule has 0 unspecified atom stereocenters. The van der Waals surface area contributed by atoms with E-state index in [-0.39, 0.29) is 4.90 Å². The van der Waals surface area contributed by atoms with Crippen LogP contribution in [0.25, 0.3) is 0 Å². The van der Waals surface area contributed by atoms with E-state index in [0.29, 0.717) is 25.6 Å². The van der Waals surface area contributed by atoms with Crippen LogP contribution in [-0.2, 0) is 20.6 Å². The molecule has 0 aromatic heterocycles. The average Bonchev–Trinajstić information content (AvgIpc) is 2.39. The van der Waals surface area contributed by atoms with Crippen molar-refractivity contribution in [3.05, 3.63) is 29.8 Å². The molecule has 1 rings (SSSR count). The van der Waals surface area contributed by atoms with Crippen molar-refractivity contribution in [3.63, 3.8) is 0 Å². The van der Waals surface area contributed by atoms with Gasteiger partial charge in [0.25, 0.3) is 0 Å². The van der Waals surface area contributed by atoms with Crippen LogP contribution in [0.4, 0.5) is 0 Å². The van der Waals surface area contributed by atoms with Gasteiger partial charge in [-0.1, -0.05) is 19.1 Å². The van der Waals surface area contributed by atoms with Crippen molar-refractivity contribution in [1.29, 1.82) is 0 Å². The molecule has 4 nitrogen and oxygen atoms in total. The van der Waals surface area contributed by atoms with Gasteiger partial charge in [0.2, 0.25) is 10.0 Å². The zero-order valence-corrected chi connectivity index (χ0v) is 12.2. The second kappa shape index (κ2) is 7.09. The molecule has 0 saturated carbocycles. The number of likely N-dealkylation sites (N-methyl/N-ethyl adjacent to an activating group) is 1. The SMILES string of the molecule is CCN(CCOC)S(=O)(=O)c1cccc(CCl)c1. The van der Waals surface area contributed by atoms with E-state index < -0.39 is 10.0 Å². The lowest BCUT2D eigenvalue weighted by atomic mass is 10.2. The summed E-state index contributed by atoms with van der Waals surface area (Å²) in [6.45, 7) is 2.94. The fraction of sp³-hybridized carbons (Fsp3) is 0.500. The van der Waals surface area contributed by atoms with Crippen LogP contribution in [0, 0.1) is 0 Å². The molecule has 0 N–H and O–H groups in total. The van der Waals surface area contributed by atoms with Crippen LogP contribution < -0.4 is 0 Å². The predicted molar refractivity (Wildman–Crippen MR) is 72.3 cm³/mol. The second-order valence-corrected chi connectivity index (χ2v) is 5.98. The molecule has 0 amide bonds. The molecule has 1 aromatic carbocycles. The van der Waals surface area contributed by atoms with Gasteiger partial charge in [-0.05, 0) is 17.7 Å². The van der Waals surface area contributed by atoms with Crippen LogP contribution in [0.2, 0.25) is 0 Å². The van der Waals surface area contributed by atoms with E-state index in [1.165, 1.54) is 4.31 Å². The lowest BCUT2D eigenvalue weighted by molar-refractivity contribution is 0.180. The summed E-state index contributed by atoms with van der Waals surface area (Å²) in [5.74, 6) is 0.299. The minimum Gasteiger partial charge on any atom is -0.383 e. The van der Waals surface area contributed by atoms with Gasteiger partial charge in [0.05, 0.1) is 11.5 Å². The molecule has 0 saturated heterocycles. The fourth-order valence-corrected chi connectivity index (χ4v) is 3.25. The first-order valence-electron chi connectivity index (χ1n) is 5.70. The van der Waals surface area contributed by atoms with Gasteiger partial charge in [-0.3, -0.25) is 0 Å². The molecule has 1 aromatic rings. The molecule has 0 radical (unpaired) electrons. The number of hydrogen-bond donors (Lipinski definition) is 0. The molecule has 102 valence electrons. The molecule has 0 heterocycles. The van der Waals surface area contributed by atoms with Crippen molar-refractivity contribution in [2.24, 2.45) is 0 Å². The Hall–Kier alpha value is -0.620. The van der Waals surface area contributed by atoms with E-state index in [4.69, 9.17) is 16.3 Å². The summed E-state index contributed by atoms with van der Waals surface area (Å²) in [5, 5.41) is 0. The summed E-state index contributed by atoms with van der Waals surface area (Å²) in [4.78, 5) is 0.276. The Labute approximate surface area is 114 Å². The van der Waals surface area contributed by atoms with Crippen molar-refractivity contribution in [1.82, 2.24) is 4.31 Å². The molecule has 0 fully saturated rings. The second-order valence-electron chi connectivity index (χ2n) is 3.77. The highest BCUT2D eigenvalue weighted by molar-refractivity contribution is 7.89. The first-order valence-corrected chi connectivity index (χ1v) is 7.67. The Kier molecular flexibility index (Phi) is 6.08. The van der Waals surface area contributed by atoms with Crippen molar-refractivity contribution < 1.29 is 13.2 Å². The number of hydrogen-bond acceptors (Lipinski definition) is 3. The normalized spacial score (nSPS) is 12.0. The third-order valence-electron chi connectivity index (χ3n) is 2.59. The minimum atomic E-state index is -3.46. The largest absolute Gasteiger partial charge is 0.383 e. The Balaban J connectivity index is 3.02. The molecular formula is C12H18ClNO3S. The zero-order chi connectivity index (χ0) is 13.6. The zero-order valence-electron chi connectivity index (χ0n) is 10.6. The van der Waals surface area contributed by atoms with Gasteiger partial charge in [0, 0.05) is 26.1 Å². The van der Waals surface area contributed by atoms with Crippen LogP contribution >= 0.6 is 11.6 Å². The standard InChI is InChI=1S/C12H18ClNO3S/c1-3-14(7-8-17-2)18(15,16)12-6-4-5-11(9-12)10-13/h4-6,9H,3,7-8,10H2,1-2H3. The summed E-state index contributed by atoms with van der Waals surface area (Å²) in [7, 11) is -1.91. The maximum absolute atomic E-state index is 12.4. The topological polar surface area (TPSA) is 46.6 Å². The van der Waals surface area contributed by atoms with E-state index in [2.05, 4.69) is 0 Å². The van der Waals surface area contributed by atoms with E-state index in [1.807, 2.05) is 0 Å². The highest BCUT2D eigenvalue weighted by atomic mass is 35.5. The van der Waals surface area contributed by atoms with Gasteiger partial charge in [-0.2, -0.15) is 4.31 Å². The minimum absolute atomic E-state index is 0.276. The molecule has 0 bridgehead atoms. The average molecular weight is 292 g/mol. The van der Waals surface area contributed by atoms with E-state index in [9.17, 15) is 8.42 Å². The first kappa shape index (κ1) is 15.4.